The molecule has 1 aliphatic carbocycles. The Kier molecular flexibility index (Phi) is 4.24. The third kappa shape index (κ3) is 3.33. The number of hydrogen-bond acceptors (Lipinski definition) is 3. The maximum atomic E-state index is 9.67. The minimum atomic E-state index is 0.125. The maximum absolute atomic E-state index is 9.67. The fraction of sp³-hybridized carbons (Fsp3) is 0.714. The number of hydrogen-bond donors (Lipinski definition) is 1. The van der Waals surface area contributed by atoms with E-state index in [2.05, 4.69) is 11.9 Å². The summed E-state index contributed by atoms with van der Waals surface area (Å²) < 4.78 is 5.36. The van der Waals surface area contributed by atoms with E-state index in [0.29, 0.717) is 6.61 Å². The molecule has 1 fully saturated rings. The molecule has 0 atom stereocenters. The molecule has 0 aliphatic heterocycles. The summed E-state index contributed by atoms with van der Waals surface area (Å²) in [7, 11) is 2.11. The number of rotatable bonds is 5. The fourth-order valence-corrected chi connectivity index (χ4v) is 2.97. The lowest BCUT2D eigenvalue weighted by molar-refractivity contribution is 0.0446. The first-order valence-corrected chi connectivity index (χ1v) is 6.56. The molecule has 0 amide bonds. The van der Waals surface area contributed by atoms with E-state index in [9.17, 15) is 5.11 Å². The molecule has 0 unspecified atom stereocenters. The van der Waals surface area contributed by atoms with Crippen LogP contribution in [0.25, 0.3) is 0 Å². The summed E-state index contributed by atoms with van der Waals surface area (Å²) in [5.41, 5.74) is 0.125. The van der Waals surface area contributed by atoms with Gasteiger partial charge in [0.25, 0.3) is 0 Å². The first kappa shape index (κ1) is 12.7. The summed E-state index contributed by atoms with van der Waals surface area (Å²) in [6, 6.07) is 3.93. The van der Waals surface area contributed by atoms with E-state index in [0.717, 1.165) is 31.7 Å². The Bertz CT molecular complexity index is 315. The summed E-state index contributed by atoms with van der Waals surface area (Å²) in [6.07, 6.45) is 7.87. The van der Waals surface area contributed by atoms with Crippen LogP contribution in [0, 0.1) is 5.41 Å². The third-order valence-electron chi connectivity index (χ3n) is 3.86. The monoisotopic (exact) mass is 237 g/mol. The zero-order chi connectivity index (χ0) is 12.1. The van der Waals surface area contributed by atoms with Gasteiger partial charge in [0.1, 0.15) is 5.76 Å². The van der Waals surface area contributed by atoms with Crippen LogP contribution in [0.4, 0.5) is 0 Å². The molecule has 1 N–H and O–H groups in total. The quantitative estimate of drug-likeness (QED) is 0.855. The second kappa shape index (κ2) is 5.69. The molecular formula is C14H23NO2. The SMILES string of the molecule is CN(Cc1ccco1)CC1(CO)CCCCC1. The van der Waals surface area contributed by atoms with Crippen LogP contribution < -0.4 is 0 Å². The van der Waals surface area contributed by atoms with Crippen molar-refractivity contribution in [1.82, 2.24) is 4.90 Å². The standard InChI is InChI=1S/C14H23NO2/c1-15(10-13-6-5-9-17-13)11-14(12-16)7-3-2-4-8-14/h5-6,9,16H,2-4,7-8,10-12H2,1H3. The molecule has 17 heavy (non-hydrogen) atoms. The topological polar surface area (TPSA) is 36.6 Å². The zero-order valence-electron chi connectivity index (χ0n) is 10.7. The number of aliphatic hydroxyl groups is 1. The predicted octanol–water partition coefficient (Wildman–Crippen LogP) is 2.65. The van der Waals surface area contributed by atoms with Crippen LogP contribution >= 0.6 is 0 Å². The average Bonchev–Trinajstić information content (AvgIpc) is 2.83. The Morgan fingerprint density at radius 1 is 1.35 bits per heavy atom. The van der Waals surface area contributed by atoms with Crippen molar-refractivity contribution in [3.05, 3.63) is 24.2 Å². The highest BCUT2D eigenvalue weighted by atomic mass is 16.3. The van der Waals surface area contributed by atoms with Crippen molar-refractivity contribution in [3.8, 4) is 0 Å². The Morgan fingerprint density at radius 3 is 2.71 bits per heavy atom. The van der Waals surface area contributed by atoms with E-state index >= 15 is 0 Å². The molecule has 0 aromatic carbocycles. The highest BCUT2D eigenvalue weighted by Crippen LogP contribution is 2.36. The van der Waals surface area contributed by atoms with Crippen molar-refractivity contribution in [2.24, 2.45) is 5.41 Å². The van der Waals surface area contributed by atoms with Gasteiger partial charge in [-0.15, -0.1) is 0 Å². The summed E-state index contributed by atoms with van der Waals surface area (Å²) in [4.78, 5) is 2.26. The van der Waals surface area contributed by atoms with E-state index in [1.165, 1.54) is 19.3 Å². The van der Waals surface area contributed by atoms with Crippen molar-refractivity contribution in [1.29, 1.82) is 0 Å². The van der Waals surface area contributed by atoms with E-state index in [4.69, 9.17) is 4.42 Å². The van der Waals surface area contributed by atoms with Crippen molar-refractivity contribution >= 4 is 0 Å². The Labute approximate surface area is 103 Å². The predicted molar refractivity (Wildman–Crippen MR) is 67.6 cm³/mol. The van der Waals surface area contributed by atoms with Gasteiger partial charge in [-0.05, 0) is 32.0 Å². The van der Waals surface area contributed by atoms with Gasteiger partial charge in [0, 0.05) is 18.6 Å². The lowest BCUT2D eigenvalue weighted by Gasteiger charge is -2.38. The average molecular weight is 237 g/mol. The molecule has 1 heterocycles. The summed E-state index contributed by atoms with van der Waals surface area (Å²) in [5.74, 6) is 0.997. The molecule has 1 aromatic rings. The Balaban J connectivity index is 1.89. The minimum Gasteiger partial charge on any atom is -0.468 e. The molecule has 1 aromatic heterocycles. The van der Waals surface area contributed by atoms with Crippen molar-refractivity contribution < 1.29 is 9.52 Å². The minimum absolute atomic E-state index is 0.125. The number of nitrogens with zero attached hydrogens (tertiary/aromatic N) is 1. The van der Waals surface area contributed by atoms with Crippen LogP contribution in [0.15, 0.2) is 22.8 Å². The molecular weight excluding hydrogens is 214 g/mol. The van der Waals surface area contributed by atoms with Gasteiger partial charge in [0.2, 0.25) is 0 Å². The van der Waals surface area contributed by atoms with Crippen LogP contribution in [-0.2, 0) is 6.54 Å². The van der Waals surface area contributed by atoms with Crippen LogP contribution in [0.5, 0.6) is 0 Å². The van der Waals surface area contributed by atoms with Gasteiger partial charge in [-0.3, -0.25) is 4.90 Å². The summed E-state index contributed by atoms with van der Waals surface area (Å²) in [5, 5.41) is 9.67. The van der Waals surface area contributed by atoms with Crippen LogP contribution in [0.2, 0.25) is 0 Å². The number of furan rings is 1. The zero-order valence-corrected chi connectivity index (χ0v) is 10.7. The van der Waals surface area contributed by atoms with Crippen LogP contribution in [0.1, 0.15) is 37.9 Å². The van der Waals surface area contributed by atoms with E-state index in [1.54, 1.807) is 6.26 Å². The molecule has 3 heteroatoms. The van der Waals surface area contributed by atoms with Gasteiger partial charge < -0.3 is 9.52 Å². The van der Waals surface area contributed by atoms with E-state index < -0.39 is 0 Å². The number of aliphatic hydroxyl groups excluding tert-OH is 1. The van der Waals surface area contributed by atoms with Crippen molar-refractivity contribution in [2.75, 3.05) is 20.2 Å². The molecule has 0 saturated heterocycles. The first-order chi connectivity index (χ1) is 8.24. The van der Waals surface area contributed by atoms with Crippen molar-refractivity contribution in [3.63, 3.8) is 0 Å². The van der Waals surface area contributed by atoms with Gasteiger partial charge >= 0.3 is 0 Å². The van der Waals surface area contributed by atoms with Gasteiger partial charge in [0.15, 0.2) is 0 Å². The molecule has 1 aliphatic rings. The highest BCUT2D eigenvalue weighted by Gasteiger charge is 2.32. The lowest BCUT2D eigenvalue weighted by atomic mass is 9.74. The molecule has 2 rings (SSSR count). The van der Waals surface area contributed by atoms with Gasteiger partial charge in [-0.1, -0.05) is 19.3 Å². The van der Waals surface area contributed by atoms with E-state index in [-0.39, 0.29) is 5.41 Å². The summed E-state index contributed by atoms with van der Waals surface area (Å²) in [6.45, 7) is 2.11. The first-order valence-electron chi connectivity index (χ1n) is 6.56. The third-order valence-corrected chi connectivity index (χ3v) is 3.86. The Hall–Kier alpha value is -0.800. The second-order valence-electron chi connectivity index (χ2n) is 5.47. The molecule has 3 nitrogen and oxygen atoms in total. The van der Waals surface area contributed by atoms with Crippen molar-refractivity contribution in [2.45, 2.75) is 38.6 Å². The van der Waals surface area contributed by atoms with Gasteiger partial charge in [0.05, 0.1) is 12.8 Å². The molecule has 1 saturated carbocycles. The van der Waals surface area contributed by atoms with Crippen LogP contribution in [0.3, 0.4) is 0 Å². The highest BCUT2D eigenvalue weighted by molar-refractivity contribution is 4.98. The lowest BCUT2D eigenvalue weighted by Crippen LogP contribution is -2.39. The molecule has 0 radical (unpaired) electrons. The van der Waals surface area contributed by atoms with Gasteiger partial charge in [-0.2, -0.15) is 0 Å². The van der Waals surface area contributed by atoms with Crippen LogP contribution in [-0.4, -0.2) is 30.2 Å². The summed E-state index contributed by atoms with van der Waals surface area (Å²) >= 11 is 0. The maximum Gasteiger partial charge on any atom is 0.117 e. The normalized spacial score (nSPS) is 19.7. The molecule has 0 bridgehead atoms. The molecule has 96 valence electrons. The second-order valence-corrected chi connectivity index (χ2v) is 5.47. The molecule has 0 spiro atoms. The largest absolute Gasteiger partial charge is 0.468 e. The Morgan fingerprint density at radius 2 is 2.12 bits per heavy atom. The van der Waals surface area contributed by atoms with Gasteiger partial charge in [-0.25, -0.2) is 0 Å². The smallest absolute Gasteiger partial charge is 0.117 e. The fourth-order valence-electron chi connectivity index (χ4n) is 2.97. The van der Waals surface area contributed by atoms with E-state index in [1.807, 2.05) is 12.1 Å².